The molecule has 4 rings (SSSR count). The van der Waals surface area contributed by atoms with Crippen LogP contribution in [0.1, 0.15) is 49.9 Å². The molecule has 0 amide bonds. The lowest BCUT2D eigenvalue weighted by atomic mass is 10.0. The van der Waals surface area contributed by atoms with Gasteiger partial charge in [-0.15, -0.1) is 0 Å². The van der Waals surface area contributed by atoms with Crippen LogP contribution in [0.4, 0.5) is 0 Å². The number of hydrogen-bond acceptors (Lipinski definition) is 6. The molecule has 3 saturated heterocycles. The van der Waals surface area contributed by atoms with Gasteiger partial charge in [-0.2, -0.15) is 4.98 Å². The number of nitrogens with zero attached hydrogens (tertiary/aromatic N) is 3. The van der Waals surface area contributed by atoms with E-state index in [1.807, 2.05) is 0 Å². The largest absolute Gasteiger partial charge is 0.367 e. The lowest BCUT2D eigenvalue weighted by molar-refractivity contribution is -0.0548. The maximum Gasteiger partial charge on any atom is 0.231 e. The van der Waals surface area contributed by atoms with Crippen LogP contribution in [0.25, 0.3) is 0 Å². The van der Waals surface area contributed by atoms with E-state index < -0.39 is 0 Å². The molecule has 4 heterocycles. The second kappa shape index (κ2) is 5.09. The Bertz CT molecular complexity index is 477. The van der Waals surface area contributed by atoms with Crippen molar-refractivity contribution >= 4 is 0 Å². The molecule has 3 aliphatic rings. The van der Waals surface area contributed by atoms with E-state index >= 15 is 0 Å². The van der Waals surface area contributed by atoms with Gasteiger partial charge in [0.25, 0.3) is 0 Å². The Kier molecular flexibility index (Phi) is 3.24. The van der Waals surface area contributed by atoms with Crippen molar-refractivity contribution in [3.63, 3.8) is 0 Å². The summed E-state index contributed by atoms with van der Waals surface area (Å²) in [4.78, 5) is 7.12. The van der Waals surface area contributed by atoms with Gasteiger partial charge >= 0.3 is 0 Å². The second-order valence-corrected chi connectivity index (χ2v) is 6.24. The number of hydrogen-bond donors (Lipinski definition) is 1. The quantitative estimate of drug-likeness (QED) is 0.873. The van der Waals surface area contributed by atoms with Gasteiger partial charge in [0.1, 0.15) is 6.10 Å². The Morgan fingerprint density at radius 1 is 1.35 bits per heavy atom. The first kappa shape index (κ1) is 12.7. The van der Waals surface area contributed by atoms with Crippen LogP contribution in [0.2, 0.25) is 0 Å². The van der Waals surface area contributed by atoms with Crippen molar-refractivity contribution in [2.24, 2.45) is 0 Å². The maximum absolute atomic E-state index is 5.94. The van der Waals surface area contributed by atoms with Crippen LogP contribution in [0.5, 0.6) is 0 Å². The lowest BCUT2D eigenvalue weighted by Crippen LogP contribution is -2.42. The van der Waals surface area contributed by atoms with Gasteiger partial charge in [-0.1, -0.05) is 5.16 Å². The SMILES string of the molecule is CC1NCCC1c1nc(C2CN3CCCC3CO2)no1. The molecule has 6 nitrogen and oxygen atoms in total. The molecule has 3 aliphatic heterocycles. The maximum atomic E-state index is 5.94. The minimum Gasteiger partial charge on any atom is -0.367 e. The standard InChI is InChI=1S/C14H22N4O2/c1-9-11(4-5-15-9)14-16-13(17-20-14)12-7-18-6-2-3-10(18)8-19-12/h9-12,15H,2-8H2,1H3. The minimum absolute atomic E-state index is 0.0217. The molecular weight excluding hydrogens is 256 g/mol. The molecule has 0 spiro atoms. The van der Waals surface area contributed by atoms with Crippen LogP contribution in [0, 0.1) is 0 Å². The summed E-state index contributed by atoms with van der Waals surface area (Å²) >= 11 is 0. The van der Waals surface area contributed by atoms with Crippen molar-refractivity contribution < 1.29 is 9.26 Å². The molecule has 3 fully saturated rings. The molecule has 0 bridgehead atoms. The Morgan fingerprint density at radius 2 is 2.30 bits per heavy atom. The van der Waals surface area contributed by atoms with Crippen molar-refractivity contribution in [1.82, 2.24) is 20.4 Å². The molecule has 1 aromatic heterocycles. The summed E-state index contributed by atoms with van der Waals surface area (Å²) in [5.74, 6) is 1.84. The molecule has 4 atom stereocenters. The minimum atomic E-state index is -0.0217. The Hall–Kier alpha value is -0.980. The highest BCUT2D eigenvalue weighted by molar-refractivity contribution is 5.04. The van der Waals surface area contributed by atoms with Gasteiger partial charge in [-0.25, -0.2) is 0 Å². The monoisotopic (exact) mass is 278 g/mol. The zero-order valence-corrected chi connectivity index (χ0v) is 11.9. The molecule has 1 N–H and O–H groups in total. The number of fused-ring (bicyclic) bond motifs is 1. The highest BCUT2D eigenvalue weighted by Gasteiger charge is 2.36. The fourth-order valence-corrected chi connectivity index (χ4v) is 3.70. The van der Waals surface area contributed by atoms with Crippen molar-refractivity contribution in [3.05, 3.63) is 11.7 Å². The van der Waals surface area contributed by atoms with E-state index in [4.69, 9.17) is 9.26 Å². The highest BCUT2D eigenvalue weighted by Crippen LogP contribution is 2.31. The summed E-state index contributed by atoms with van der Waals surface area (Å²) in [5, 5.41) is 7.59. The van der Waals surface area contributed by atoms with Crippen LogP contribution in [-0.4, -0.2) is 53.4 Å². The first-order valence-corrected chi connectivity index (χ1v) is 7.74. The van der Waals surface area contributed by atoms with Crippen LogP contribution >= 0.6 is 0 Å². The first-order chi connectivity index (χ1) is 9.81. The lowest BCUT2D eigenvalue weighted by Gasteiger charge is -2.33. The van der Waals surface area contributed by atoms with Gasteiger partial charge in [0.15, 0.2) is 0 Å². The summed E-state index contributed by atoms with van der Waals surface area (Å²) in [5.41, 5.74) is 0. The fourth-order valence-electron chi connectivity index (χ4n) is 3.70. The number of rotatable bonds is 2. The average Bonchev–Trinajstić information content (AvgIpc) is 3.17. The van der Waals surface area contributed by atoms with Crippen molar-refractivity contribution in [3.8, 4) is 0 Å². The van der Waals surface area contributed by atoms with E-state index in [0.717, 1.165) is 37.8 Å². The van der Waals surface area contributed by atoms with Gasteiger partial charge in [0.2, 0.25) is 11.7 Å². The van der Waals surface area contributed by atoms with E-state index in [0.29, 0.717) is 18.0 Å². The zero-order valence-electron chi connectivity index (χ0n) is 11.9. The van der Waals surface area contributed by atoms with E-state index in [2.05, 4.69) is 27.3 Å². The number of ether oxygens (including phenoxy) is 1. The van der Waals surface area contributed by atoms with Gasteiger partial charge in [0.05, 0.1) is 12.5 Å². The number of aromatic nitrogens is 2. The van der Waals surface area contributed by atoms with E-state index in [-0.39, 0.29) is 6.10 Å². The molecule has 4 unspecified atom stereocenters. The smallest absolute Gasteiger partial charge is 0.231 e. The average molecular weight is 278 g/mol. The number of morpholine rings is 1. The van der Waals surface area contributed by atoms with Crippen LogP contribution in [0.3, 0.4) is 0 Å². The summed E-state index contributed by atoms with van der Waals surface area (Å²) in [6.07, 6.45) is 3.59. The molecule has 0 aromatic carbocycles. The molecule has 0 radical (unpaired) electrons. The van der Waals surface area contributed by atoms with Crippen LogP contribution in [0.15, 0.2) is 4.52 Å². The highest BCUT2D eigenvalue weighted by atomic mass is 16.5. The second-order valence-electron chi connectivity index (χ2n) is 6.24. The third kappa shape index (κ3) is 2.16. The molecule has 110 valence electrons. The topological polar surface area (TPSA) is 63.4 Å². The van der Waals surface area contributed by atoms with E-state index in [1.165, 1.54) is 19.4 Å². The molecule has 20 heavy (non-hydrogen) atoms. The molecule has 0 aliphatic carbocycles. The van der Waals surface area contributed by atoms with Gasteiger partial charge in [-0.05, 0) is 39.3 Å². The van der Waals surface area contributed by atoms with Crippen LogP contribution < -0.4 is 5.32 Å². The van der Waals surface area contributed by atoms with E-state index in [9.17, 15) is 0 Å². The Balaban J connectivity index is 1.47. The third-order valence-corrected chi connectivity index (χ3v) is 4.98. The Morgan fingerprint density at radius 3 is 3.15 bits per heavy atom. The first-order valence-electron chi connectivity index (χ1n) is 7.74. The van der Waals surface area contributed by atoms with Gasteiger partial charge < -0.3 is 14.6 Å². The fraction of sp³-hybridized carbons (Fsp3) is 0.857. The van der Waals surface area contributed by atoms with E-state index in [1.54, 1.807) is 0 Å². The van der Waals surface area contributed by atoms with Gasteiger partial charge in [0, 0.05) is 18.6 Å². The molecule has 6 heteroatoms. The summed E-state index contributed by atoms with van der Waals surface area (Å²) in [6, 6.07) is 1.02. The molecule has 1 aromatic rings. The Labute approximate surface area is 118 Å². The summed E-state index contributed by atoms with van der Waals surface area (Å²) in [6.45, 7) is 6.09. The van der Waals surface area contributed by atoms with Crippen molar-refractivity contribution in [2.45, 2.75) is 50.3 Å². The summed E-state index contributed by atoms with van der Waals surface area (Å²) in [7, 11) is 0. The predicted molar refractivity (Wildman–Crippen MR) is 72.4 cm³/mol. The molecular formula is C14H22N4O2. The predicted octanol–water partition coefficient (Wildman–Crippen LogP) is 1.07. The van der Waals surface area contributed by atoms with Crippen LogP contribution in [-0.2, 0) is 4.74 Å². The third-order valence-electron chi connectivity index (χ3n) is 4.98. The van der Waals surface area contributed by atoms with Crippen molar-refractivity contribution in [2.75, 3.05) is 26.2 Å². The normalized spacial score (nSPS) is 38.2. The summed E-state index contributed by atoms with van der Waals surface area (Å²) < 4.78 is 11.4. The van der Waals surface area contributed by atoms with Crippen molar-refractivity contribution in [1.29, 1.82) is 0 Å². The zero-order chi connectivity index (χ0) is 13.5. The molecule has 0 saturated carbocycles. The van der Waals surface area contributed by atoms with Gasteiger partial charge in [-0.3, -0.25) is 4.90 Å². The number of nitrogens with one attached hydrogen (secondary N) is 1.